The van der Waals surface area contributed by atoms with Crippen molar-refractivity contribution in [3.63, 3.8) is 0 Å². The van der Waals surface area contributed by atoms with Gasteiger partial charge in [0.05, 0.1) is 5.60 Å². The molecule has 1 aliphatic carbocycles. The van der Waals surface area contributed by atoms with Gasteiger partial charge in [-0.25, -0.2) is 0 Å². The first-order valence-electron chi connectivity index (χ1n) is 7.55. The zero-order valence-corrected chi connectivity index (χ0v) is 13.3. The number of fused-ring (bicyclic) bond motifs is 1. The topological polar surface area (TPSA) is 91.7 Å². The summed E-state index contributed by atoms with van der Waals surface area (Å²) in [4.78, 5) is 35.5. The zero-order valence-electron chi connectivity index (χ0n) is 13.3. The molecule has 0 saturated carbocycles. The van der Waals surface area contributed by atoms with E-state index in [4.69, 9.17) is 5.11 Å². The molecule has 1 unspecified atom stereocenters. The standard InChI is InChI=1S/C18H20O5/c1-11-12(7-9-18(2,23)10-8-15(19)20)17(22)14-6-4-3-5-13(14)16(11)21/h3-6,23H,7-10H2,1-2H3,(H,19,20). The van der Waals surface area contributed by atoms with Crippen LogP contribution < -0.4 is 0 Å². The van der Waals surface area contributed by atoms with Crippen molar-refractivity contribution in [2.45, 2.75) is 45.1 Å². The number of carbonyl (C=O) groups excluding carboxylic acids is 2. The SMILES string of the molecule is CC1=C(CCC(C)(O)CCC(=O)O)C(=O)c2ccccc2C1=O. The maximum atomic E-state index is 12.6. The highest BCUT2D eigenvalue weighted by Gasteiger charge is 2.31. The molecule has 0 bridgehead atoms. The molecule has 1 aromatic carbocycles. The van der Waals surface area contributed by atoms with Crippen LogP contribution in [0.15, 0.2) is 35.4 Å². The van der Waals surface area contributed by atoms with Crippen molar-refractivity contribution in [1.29, 1.82) is 0 Å². The average molecular weight is 316 g/mol. The van der Waals surface area contributed by atoms with Crippen molar-refractivity contribution < 1.29 is 24.6 Å². The second-order valence-electron chi connectivity index (χ2n) is 6.20. The van der Waals surface area contributed by atoms with Gasteiger partial charge in [-0.3, -0.25) is 14.4 Å². The molecule has 5 nitrogen and oxygen atoms in total. The number of ketones is 2. The number of allylic oxidation sites excluding steroid dienone is 2. The van der Waals surface area contributed by atoms with Crippen molar-refractivity contribution in [3.8, 4) is 0 Å². The molecular weight excluding hydrogens is 296 g/mol. The van der Waals surface area contributed by atoms with Gasteiger partial charge in [0, 0.05) is 28.7 Å². The summed E-state index contributed by atoms with van der Waals surface area (Å²) in [6.07, 6.45) is 0.444. The highest BCUT2D eigenvalue weighted by atomic mass is 16.4. The van der Waals surface area contributed by atoms with Gasteiger partial charge in [-0.05, 0) is 33.1 Å². The molecule has 0 fully saturated rings. The Bertz CT molecular complexity index is 697. The molecule has 0 spiro atoms. The molecule has 1 aromatic rings. The summed E-state index contributed by atoms with van der Waals surface area (Å²) in [6.45, 7) is 3.17. The van der Waals surface area contributed by atoms with Crippen LogP contribution in [0.4, 0.5) is 0 Å². The van der Waals surface area contributed by atoms with E-state index in [1.807, 2.05) is 0 Å². The van der Waals surface area contributed by atoms with Crippen LogP contribution in [-0.4, -0.2) is 33.3 Å². The molecule has 2 rings (SSSR count). The Morgan fingerprint density at radius 2 is 1.65 bits per heavy atom. The molecule has 0 radical (unpaired) electrons. The predicted octanol–water partition coefficient (Wildman–Crippen LogP) is 2.78. The molecule has 1 atom stereocenters. The third kappa shape index (κ3) is 3.74. The van der Waals surface area contributed by atoms with Gasteiger partial charge in [0.1, 0.15) is 0 Å². The molecule has 0 amide bonds. The Labute approximate surface area is 134 Å². The fourth-order valence-corrected chi connectivity index (χ4v) is 2.75. The average Bonchev–Trinajstić information content (AvgIpc) is 2.51. The van der Waals surface area contributed by atoms with Crippen LogP contribution in [0.25, 0.3) is 0 Å². The number of carboxylic acid groups (broad SMARTS) is 1. The molecule has 122 valence electrons. The van der Waals surface area contributed by atoms with E-state index in [1.165, 1.54) is 0 Å². The molecule has 0 saturated heterocycles. The number of Topliss-reactive ketones (excluding diaryl/α,β-unsaturated/α-hetero) is 2. The summed E-state index contributed by atoms with van der Waals surface area (Å²) in [5.41, 5.74) is 0.429. The van der Waals surface area contributed by atoms with Crippen molar-refractivity contribution >= 4 is 17.5 Å². The van der Waals surface area contributed by atoms with Gasteiger partial charge < -0.3 is 10.2 Å². The fraction of sp³-hybridized carbons (Fsp3) is 0.389. The van der Waals surface area contributed by atoms with Crippen LogP contribution in [0.3, 0.4) is 0 Å². The molecule has 2 N–H and O–H groups in total. The molecular formula is C18H20O5. The highest BCUT2D eigenvalue weighted by molar-refractivity contribution is 6.26. The second-order valence-corrected chi connectivity index (χ2v) is 6.20. The lowest BCUT2D eigenvalue weighted by atomic mass is 9.81. The lowest BCUT2D eigenvalue weighted by Crippen LogP contribution is -2.27. The van der Waals surface area contributed by atoms with E-state index in [9.17, 15) is 19.5 Å². The molecule has 0 aliphatic heterocycles. The van der Waals surface area contributed by atoms with Crippen LogP contribution in [0.5, 0.6) is 0 Å². The van der Waals surface area contributed by atoms with E-state index in [1.54, 1.807) is 38.1 Å². The van der Waals surface area contributed by atoms with E-state index in [0.717, 1.165) is 0 Å². The number of rotatable bonds is 6. The third-order valence-electron chi connectivity index (χ3n) is 4.27. The normalized spacial score (nSPS) is 17.0. The van der Waals surface area contributed by atoms with Crippen molar-refractivity contribution in [2.24, 2.45) is 0 Å². The van der Waals surface area contributed by atoms with Gasteiger partial charge in [-0.15, -0.1) is 0 Å². The van der Waals surface area contributed by atoms with E-state index in [-0.39, 0.29) is 37.2 Å². The smallest absolute Gasteiger partial charge is 0.303 e. The minimum absolute atomic E-state index is 0.105. The summed E-state index contributed by atoms with van der Waals surface area (Å²) >= 11 is 0. The van der Waals surface area contributed by atoms with Gasteiger partial charge in [0.25, 0.3) is 0 Å². The molecule has 1 aliphatic rings. The van der Waals surface area contributed by atoms with E-state index in [2.05, 4.69) is 0 Å². The van der Waals surface area contributed by atoms with Crippen molar-refractivity contribution in [2.75, 3.05) is 0 Å². The Balaban J connectivity index is 2.17. The molecule has 23 heavy (non-hydrogen) atoms. The Morgan fingerprint density at radius 1 is 1.09 bits per heavy atom. The summed E-state index contributed by atoms with van der Waals surface area (Å²) in [6, 6.07) is 6.70. The monoisotopic (exact) mass is 316 g/mol. The quantitative estimate of drug-likeness (QED) is 0.842. The van der Waals surface area contributed by atoms with Gasteiger partial charge in [0.2, 0.25) is 0 Å². The Hall–Kier alpha value is -2.27. The number of benzene rings is 1. The van der Waals surface area contributed by atoms with E-state index < -0.39 is 11.6 Å². The summed E-state index contributed by atoms with van der Waals surface area (Å²) in [5, 5.41) is 18.9. The number of aliphatic hydroxyl groups is 1. The second kappa shape index (κ2) is 6.46. The molecule has 0 aromatic heterocycles. The van der Waals surface area contributed by atoms with Crippen LogP contribution in [0.1, 0.15) is 60.2 Å². The van der Waals surface area contributed by atoms with Gasteiger partial charge in [-0.1, -0.05) is 24.3 Å². The first-order valence-corrected chi connectivity index (χ1v) is 7.55. The third-order valence-corrected chi connectivity index (χ3v) is 4.27. The van der Waals surface area contributed by atoms with Crippen LogP contribution in [0.2, 0.25) is 0 Å². The number of aliphatic carboxylic acids is 1. The number of carbonyl (C=O) groups is 3. The first-order chi connectivity index (χ1) is 10.7. The molecule has 5 heteroatoms. The lowest BCUT2D eigenvalue weighted by molar-refractivity contribution is -0.138. The van der Waals surface area contributed by atoms with Crippen molar-refractivity contribution in [1.82, 2.24) is 0 Å². The minimum atomic E-state index is -1.19. The zero-order chi connectivity index (χ0) is 17.2. The number of hydrogen-bond acceptors (Lipinski definition) is 4. The van der Waals surface area contributed by atoms with Crippen molar-refractivity contribution in [3.05, 3.63) is 46.5 Å². The summed E-state index contributed by atoms with van der Waals surface area (Å²) in [7, 11) is 0. The van der Waals surface area contributed by atoms with Gasteiger partial charge in [-0.2, -0.15) is 0 Å². The summed E-state index contributed by atoms with van der Waals surface area (Å²) in [5.74, 6) is -1.33. The fourth-order valence-electron chi connectivity index (χ4n) is 2.75. The predicted molar refractivity (Wildman–Crippen MR) is 84.5 cm³/mol. The lowest BCUT2D eigenvalue weighted by Gasteiger charge is -2.25. The van der Waals surface area contributed by atoms with Crippen LogP contribution >= 0.6 is 0 Å². The largest absolute Gasteiger partial charge is 0.481 e. The van der Waals surface area contributed by atoms with Crippen LogP contribution in [-0.2, 0) is 4.79 Å². The number of carboxylic acids is 1. The van der Waals surface area contributed by atoms with Crippen LogP contribution in [0, 0.1) is 0 Å². The maximum Gasteiger partial charge on any atom is 0.303 e. The first kappa shape index (κ1) is 17.1. The summed E-state index contributed by atoms with van der Waals surface area (Å²) < 4.78 is 0. The molecule has 0 heterocycles. The minimum Gasteiger partial charge on any atom is -0.481 e. The Morgan fingerprint density at radius 3 is 2.22 bits per heavy atom. The maximum absolute atomic E-state index is 12.6. The number of hydrogen-bond donors (Lipinski definition) is 2. The van der Waals surface area contributed by atoms with E-state index >= 15 is 0 Å². The Kier molecular flexibility index (Phi) is 4.80. The highest BCUT2D eigenvalue weighted by Crippen LogP contribution is 2.31. The van der Waals surface area contributed by atoms with E-state index in [0.29, 0.717) is 22.3 Å². The van der Waals surface area contributed by atoms with Gasteiger partial charge in [0.15, 0.2) is 11.6 Å². The van der Waals surface area contributed by atoms with Gasteiger partial charge >= 0.3 is 5.97 Å².